The maximum Gasteiger partial charge on any atom is 0.416 e. The first-order valence-corrected chi connectivity index (χ1v) is 10.8. The van der Waals surface area contributed by atoms with Crippen molar-refractivity contribution in [3.05, 3.63) is 40.9 Å². The Morgan fingerprint density at radius 3 is 2.14 bits per heavy atom. The van der Waals surface area contributed by atoms with Gasteiger partial charge in [0.15, 0.2) is 19.7 Å². The number of carbonyl (C=O) groups excluding carboxylic acids is 1. The summed E-state index contributed by atoms with van der Waals surface area (Å²) in [5.74, 6) is -0.706. The van der Waals surface area contributed by atoms with Crippen LogP contribution in [0.1, 0.15) is 44.9 Å². The molecule has 0 spiro atoms. The molecule has 0 atom stereocenters. The fourth-order valence-electron chi connectivity index (χ4n) is 2.67. The van der Waals surface area contributed by atoms with Gasteiger partial charge in [0.2, 0.25) is 5.91 Å². The molecule has 5 nitrogen and oxygen atoms in total. The van der Waals surface area contributed by atoms with Crippen LogP contribution in [-0.4, -0.2) is 24.1 Å². The van der Waals surface area contributed by atoms with Crippen LogP contribution in [0.4, 0.5) is 18.3 Å². The van der Waals surface area contributed by atoms with Crippen LogP contribution in [0, 0.1) is 0 Å². The first-order valence-electron chi connectivity index (χ1n) is 8.47. The number of amides is 1. The van der Waals surface area contributed by atoms with Crippen LogP contribution < -0.4 is 5.32 Å². The molecule has 0 saturated heterocycles. The molecule has 3 rings (SSSR count). The van der Waals surface area contributed by atoms with Crippen molar-refractivity contribution in [2.45, 2.75) is 54.8 Å². The van der Waals surface area contributed by atoms with Gasteiger partial charge >= 0.3 is 6.18 Å². The zero-order valence-electron chi connectivity index (χ0n) is 15.4. The Morgan fingerprint density at radius 2 is 1.71 bits per heavy atom. The molecule has 0 unspecified atom stereocenters. The fourth-order valence-corrected chi connectivity index (χ4v) is 5.48. The fraction of sp³-hybridized carbons (Fsp3) is 0.444. The number of sulfone groups is 1. The number of thiazole rings is 1. The summed E-state index contributed by atoms with van der Waals surface area (Å²) >= 11 is 1.20. The molecular weight excluding hydrogens is 413 g/mol. The predicted octanol–water partition coefficient (Wildman–Crippen LogP) is 4.40. The quantitative estimate of drug-likeness (QED) is 0.777. The maximum absolute atomic E-state index is 12.9. The maximum atomic E-state index is 12.9. The average molecular weight is 432 g/mol. The number of rotatable bonds is 4. The highest BCUT2D eigenvalue weighted by molar-refractivity contribution is 7.94. The molecule has 28 heavy (non-hydrogen) atoms. The average Bonchev–Trinajstić information content (AvgIpc) is 3.28. The van der Waals surface area contributed by atoms with Gasteiger partial charge in [-0.2, -0.15) is 13.2 Å². The van der Waals surface area contributed by atoms with Gasteiger partial charge < -0.3 is 5.32 Å². The SMILES string of the molecule is CC(C)(C)c1csc(NC(=O)C2(S(=O)(=O)c3ccc(C(F)(F)F)cc3)CC2)n1. The Balaban J connectivity index is 1.83. The van der Waals surface area contributed by atoms with Crippen molar-refractivity contribution >= 4 is 32.2 Å². The summed E-state index contributed by atoms with van der Waals surface area (Å²) < 4.78 is 62.3. The van der Waals surface area contributed by atoms with Crippen LogP contribution in [0.25, 0.3) is 0 Å². The van der Waals surface area contributed by atoms with E-state index in [1.165, 1.54) is 11.3 Å². The minimum absolute atomic E-state index is 0.111. The zero-order valence-corrected chi connectivity index (χ0v) is 17.1. The van der Waals surface area contributed by atoms with E-state index in [1.807, 2.05) is 20.8 Å². The van der Waals surface area contributed by atoms with E-state index in [4.69, 9.17) is 0 Å². The van der Waals surface area contributed by atoms with Gasteiger partial charge in [0.05, 0.1) is 16.2 Å². The summed E-state index contributed by atoms with van der Waals surface area (Å²) in [6, 6.07) is 3.20. The molecule has 2 aromatic rings. The van der Waals surface area contributed by atoms with Gasteiger partial charge in [-0.05, 0) is 37.1 Å². The Kier molecular flexibility index (Phi) is 4.86. The molecule has 1 aliphatic rings. The minimum Gasteiger partial charge on any atom is -0.301 e. The van der Waals surface area contributed by atoms with Crippen LogP contribution in [0.5, 0.6) is 0 Å². The van der Waals surface area contributed by atoms with Gasteiger partial charge in [-0.1, -0.05) is 20.8 Å². The molecule has 0 radical (unpaired) electrons. The van der Waals surface area contributed by atoms with Gasteiger partial charge in [-0.3, -0.25) is 4.79 Å². The Morgan fingerprint density at radius 1 is 1.14 bits per heavy atom. The van der Waals surface area contributed by atoms with Crippen molar-refractivity contribution in [3.63, 3.8) is 0 Å². The van der Waals surface area contributed by atoms with E-state index in [1.54, 1.807) is 5.38 Å². The second-order valence-corrected chi connectivity index (χ2v) is 10.9. The van der Waals surface area contributed by atoms with Crippen molar-refractivity contribution in [1.82, 2.24) is 4.98 Å². The van der Waals surface area contributed by atoms with Crippen molar-refractivity contribution in [2.24, 2.45) is 0 Å². The van der Waals surface area contributed by atoms with Crippen LogP contribution in [0.3, 0.4) is 0 Å². The molecule has 0 bridgehead atoms. The van der Waals surface area contributed by atoms with Crippen LogP contribution in [-0.2, 0) is 26.2 Å². The summed E-state index contributed by atoms with van der Waals surface area (Å²) in [7, 11) is -4.13. The van der Waals surface area contributed by atoms with Crippen molar-refractivity contribution < 1.29 is 26.4 Å². The van der Waals surface area contributed by atoms with E-state index >= 15 is 0 Å². The lowest BCUT2D eigenvalue weighted by Gasteiger charge is -2.16. The third kappa shape index (κ3) is 3.67. The second-order valence-electron chi connectivity index (χ2n) is 7.76. The molecule has 152 valence electrons. The number of alkyl halides is 3. The number of hydrogen-bond acceptors (Lipinski definition) is 5. The third-order valence-electron chi connectivity index (χ3n) is 4.62. The number of halogens is 3. The lowest BCUT2D eigenvalue weighted by molar-refractivity contribution is -0.137. The number of anilines is 1. The number of aromatic nitrogens is 1. The molecule has 1 N–H and O–H groups in total. The summed E-state index contributed by atoms with van der Waals surface area (Å²) in [4.78, 5) is 16.7. The second kappa shape index (κ2) is 6.55. The molecular formula is C18H19F3N2O3S2. The van der Waals surface area contributed by atoms with Crippen molar-refractivity contribution in [3.8, 4) is 0 Å². The summed E-state index contributed by atoms with van der Waals surface area (Å²) in [5, 5.41) is 4.64. The van der Waals surface area contributed by atoms with Crippen LogP contribution in [0.15, 0.2) is 34.5 Å². The van der Waals surface area contributed by atoms with E-state index in [-0.39, 0.29) is 23.2 Å². The smallest absolute Gasteiger partial charge is 0.301 e. The standard InChI is InChI=1S/C18H19F3N2O3S2/c1-16(2,3)13-10-27-15(22-13)23-14(24)17(8-9-17)28(25,26)12-6-4-11(5-7-12)18(19,20)21/h4-7,10H,8-9H2,1-3H3,(H,22,23,24). The largest absolute Gasteiger partial charge is 0.416 e. The summed E-state index contributed by atoms with van der Waals surface area (Å²) in [6.07, 6.45) is -4.34. The predicted molar refractivity (Wildman–Crippen MR) is 100 cm³/mol. The highest BCUT2D eigenvalue weighted by Gasteiger charge is 2.61. The summed E-state index contributed by atoms with van der Waals surface area (Å²) in [5.41, 5.74) is -0.398. The lowest BCUT2D eigenvalue weighted by Crippen LogP contribution is -2.37. The van der Waals surface area contributed by atoms with Crippen LogP contribution in [0.2, 0.25) is 0 Å². The molecule has 1 heterocycles. The van der Waals surface area contributed by atoms with Gasteiger partial charge in [0, 0.05) is 10.8 Å². The normalized spacial score (nSPS) is 16.6. The molecule has 1 fully saturated rings. The van der Waals surface area contributed by atoms with E-state index in [0.717, 1.165) is 17.8 Å². The van der Waals surface area contributed by atoms with Gasteiger partial charge in [0.25, 0.3) is 0 Å². The molecule has 1 aliphatic carbocycles. The monoisotopic (exact) mass is 432 g/mol. The van der Waals surface area contributed by atoms with Gasteiger partial charge in [0.1, 0.15) is 0 Å². The van der Waals surface area contributed by atoms with E-state index in [2.05, 4.69) is 10.3 Å². The summed E-state index contributed by atoms with van der Waals surface area (Å²) in [6.45, 7) is 5.89. The zero-order chi connectivity index (χ0) is 21.0. The van der Waals surface area contributed by atoms with E-state index in [9.17, 15) is 26.4 Å². The Hall–Kier alpha value is -1.94. The number of benzene rings is 1. The number of carbonyl (C=O) groups is 1. The molecule has 0 aliphatic heterocycles. The minimum atomic E-state index is -4.56. The number of nitrogens with zero attached hydrogens (tertiary/aromatic N) is 1. The Labute approximate surface area is 164 Å². The lowest BCUT2D eigenvalue weighted by atomic mass is 9.93. The molecule has 10 heteroatoms. The Bertz CT molecular complexity index is 1000. The van der Waals surface area contributed by atoms with E-state index in [0.29, 0.717) is 17.3 Å². The van der Waals surface area contributed by atoms with E-state index < -0.39 is 32.2 Å². The molecule has 1 aromatic carbocycles. The highest BCUT2D eigenvalue weighted by Crippen LogP contribution is 2.48. The first kappa shape index (κ1) is 20.8. The molecule has 1 amide bonds. The van der Waals surface area contributed by atoms with Gasteiger partial charge in [-0.15, -0.1) is 11.3 Å². The molecule has 1 aromatic heterocycles. The number of hydrogen-bond donors (Lipinski definition) is 1. The first-order chi connectivity index (χ1) is 12.8. The van der Waals surface area contributed by atoms with Crippen molar-refractivity contribution in [1.29, 1.82) is 0 Å². The van der Waals surface area contributed by atoms with Crippen LogP contribution >= 0.6 is 11.3 Å². The third-order valence-corrected chi connectivity index (χ3v) is 7.89. The van der Waals surface area contributed by atoms with Crippen molar-refractivity contribution in [2.75, 3.05) is 5.32 Å². The topological polar surface area (TPSA) is 76.1 Å². The highest BCUT2D eigenvalue weighted by atomic mass is 32.2. The molecule has 1 saturated carbocycles. The number of nitrogens with one attached hydrogen (secondary N) is 1. The van der Waals surface area contributed by atoms with Gasteiger partial charge in [-0.25, -0.2) is 13.4 Å².